The summed E-state index contributed by atoms with van der Waals surface area (Å²) in [6, 6.07) is 13.3. The molecular formula is C34H39Cl2N7O5. The number of halogens is 2. The van der Waals surface area contributed by atoms with Crippen molar-refractivity contribution in [3.05, 3.63) is 81.5 Å². The number of amides is 2. The Morgan fingerprint density at radius 1 is 0.938 bits per heavy atom. The molecule has 0 bridgehead atoms. The fourth-order valence-electron chi connectivity index (χ4n) is 6.26. The van der Waals surface area contributed by atoms with Gasteiger partial charge in [0.15, 0.2) is 0 Å². The van der Waals surface area contributed by atoms with Gasteiger partial charge in [-0.15, -0.1) is 0 Å². The minimum absolute atomic E-state index is 0.0276. The number of carbonyl (C=O) groups excluding carboxylic acids is 2. The van der Waals surface area contributed by atoms with E-state index in [2.05, 4.69) is 15.3 Å². The van der Waals surface area contributed by atoms with Crippen LogP contribution < -0.4 is 14.8 Å². The molecule has 254 valence electrons. The van der Waals surface area contributed by atoms with Gasteiger partial charge in [-0.05, 0) is 49.2 Å². The van der Waals surface area contributed by atoms with E-state index in [1.54, 1.807) is 28.1 Å². The summed E-state index contributed by atoms with van der Waals surface area (Å²) in [4.78, 5) is 48.2. The van der Waals surface area contributed by atoms with Crippen LogP contribution in [0.25, 0.3) is 0 Å². The van der Waals surface area contributed by atoms with Crippen LogP contribution in [0.1, 0.15) is 42.6 Å². The molecule has 1 aromatic heterocycles. The summed E-state index contributed by atoms with van der Waals surface area (Å²) in [5.74, 6) is 0.361. The Balaban J connectivity index is 1.46. The molecule has 2 fully saturated rings. The lowest BCUT2D eigenvalue weighted by molar-refractivity contribution is -0.141. The molecule has 2 amide bonds. The molecule has 0 radical (unpaired) electrons. The molecule has 0 spiro atoms. The number of nitrogens with one attached hydrogen (secondary N) is 1. The van der Waals surface area contributed by atoms with Gasteiger partial charge in [0.2, 0.25) is 17.7 Å². The van der Waals surface area contributed by atoms with E-state index in [1.165, 1.54) is 0 Å². The average molecular weight is 697 g/mol. The van der Waals surface area contributed by atoms with Gasteiger partial charge in [-0.1, -0.05) is 47.5 Å². The fourth-order valence-corrected chi connectivity index (χ4v) is 6.51. The summed E-state index contributed by atoms with van der Waals surface area (Å²) in [6.45, 7) is 8.12. The van der Waals surface area contributed by atoms with Crippen LogP contribution in [-0.4, -0.2) is 114 Å². The molecule has 12 nitrogen and oxygen atoms in total. The molecule has 3 aliphatic rings. The van der Waals surface area contributed by atoms with Crippen molar-refractivity contribution in [2.24, 2.45) is 4.99 Å². The number of hydrogen-bond donors (Lipinski definition) is 1. The van der Waals surface area contributed by atoms with Crippen molar-refractivity contribution >= 4 is 40.9 Å². The van der Waals surface area contributed by atoms with Gasteiger partial charge >= 0.3 is 6.01 Å². The smallest absolute Gasteiger partial charge is 0.319 e. The predicted octanol–water partition coefficient (Wildman–Crippen LogP) is 3.78. The van der Waals surface area contributed by atoms with Crippen molar-refractivity contribution in [3.8, 4) is 11.9 Å². The number of piperazine rings is 1. The summed E-state index contributed by atoms with van der Waals surface area (Å²) in [5.41, 5.74) is 2.14. The molecule has 3 aromatic rings. The van der Waals surface area contributed by atoms with Crippen LogP contribution in [0.3, 0.4) is 0 Å². The molecule has 14 heteroatoms. The van der Waals surface area contributed by atoms with Gasteiger partial charge in [-0.2, -0.15) is 4.98 Å². The van der Waals surface area contributed by atoms with E-state index >= 15 is 4.79 Å². The first-order chi connectivity index (χ1) is 23.4. The maximum atomic E-state index is 15.1. The van der Waals surface area contributed by atoms with Crippen molar-refractivity contribution in [2.45, 2.75) is 32.0 Å². The van der Waals surface area contributed by atoms with Crippen LogP contribution in [0.5, 0.6) is 11.9 Å². The monoisotopic (exact) mass is 695 g/mol. The number of aliphatic imine (C=N–C) groups is 1. The summed E-state index contributed by atoms with van der Waals surface area (Å²) in [7, 11) is 0. The fraction of sp³-hybridized carbons (Fsp3) is 0.441. The lowest BCUT2D eigenvalue weighted by Crippen LogP contribution is -2.61. The molecule has 1 N–H and O–H groups in total. The maximum Gasteiger partial charge on any atom is 0.319 e. The molecular weight excluding hydrogens is 657 g/mol. The molecule has 3 aliphatic heterocycles. The Bertz CT molecular complexity index is 1620. The lowest BCUT2D eigenvalue weighted by Gasteiger charge is -2.40. The zero-order valence-electron chi connectivity index (χ0n) is 27.0. The molecule has 0 saturated carbocycles. The second-order valence-corrected chi connectivity index (χ2v) is 12.4. The van der Waals surface area contributed by atoms with Gasteiger partial charge in [-0.25, -0.2) is 4.98 Å². The van der Waals surface area contributed by atoms with Gasteiger partial charge in [0.1, 0.15) is 17.9 Å². The van der Waals surface area contributed by atoms with Crippen LogP contribution >= 0.6 is 23.2 Å². The number of ether oxygens (including phenoxy) is 3. The Labute approximate surface area is 290 Å². The normalized spacial score (nSPS) is 21.6. The van der Waals surface area contributed by atoms with E-state index in [-0.39, 0.29) is 30.2 Å². The average Bonchev–Trinajstić information content (AvgIpc) is 3.50. The molecule has 2 aromatic carbocycles. The van der Waals surface area contributed by atoms with E-state index in [1.807, 2.05) is 55.1 Å². The summed E-state index contributed by atoms with van der Waals surface area (Å²) in [5, 5.41) is 4.53. The minimum Gasteiger partial charge on any atom is -0.477 e. The number of morpholine rings is 1. The Morgan fingerprint density at radius 2 is 1.60 bits per heavy atom. The lowest BCUT2D eigenvalue weighted by atomic mass is 9.93. The molecule has 6 rings (SSSR count). The largest absolute Gasteiger partial charge is 0.477 e. The van der Waals surface area contributed by atoms with Gasteiger partial charge in [0.05, 0.1) is 44.6 Å². The SMILES string of the molecule is CCOc1ncc(C2=N[C@@H](c3ccc(Cl)cc3)[C@@H](c3ccc(Cl)cc3)N2C(=O)C2CNCCN2CC(=O)N2CCOCC2)c(OCC)n1. The van der Waals surface area contributed by atoms with E-state index in [0.29, 0.717) is 80.6 Å². The van der Waals surface area contributed by atoms with E-state index in [0.717, 1.165) is 11.1 Å². The maximum absolute atomic E-state index is 15.1. The molecule has 4 heterocycles. The number of aromatic nitrogens is 2. The number of nitrogens with zero attached hydrogens (tertiary/aromatic N) is 6. The summed E-state index contributed by atoms with van der Waals surface area (Å²) in [6.07, 6.45) is 1.59. The number of rotatable bonds is 10. The Kier molecular flexibility index (Phi) is 11.1. The van der Waals surface area contributed by atoms with Crippen LogP contribution in [0.2, 0.25) is 10.0 Å². The van der Waals surface area contributed by atoms with Crippen LogP contribution in [0.4, 0.5) is 0 Å². The predicted molar refractivity (Wildman–Crippen MR) is 182 cm³/mol. The third-order valence-electron chi connectivity index (χ3n) is 8.60. The number of amidine groups is 1. The second kappa shape index (κ2) is 15.6. The van der Waals surface area contributed by atoms with Gasteiger partial charge < -0.3 is 24.4 Å². The molecule has 0 aliphatic carbocycles. The van der Waals surface area contributed by atoms with Gasteiger partial charge in [0.25, 0.3) is 0 Å². The highest BCUT2D eigenvalue weighted by molar-refractivity contribution is 6.30. The summed E-state index contributed by atoms with van der Waals surface area (Å²) >= 11 is 12.6. The number of benzene rings is 2. The minimum atomic E-state index is -0.660. The highest BCUT2D eigenvalue weighted by atomic mass is 35.5. The standard InChI is InChI=1S/C34H39Cl2N7O5/c1-3-47-32-26(19-38-34(40-32)48-4-2)31-39-29(22-5-9-24(35)10-6-22)30(23-7-11-25(36)12-8-23)43(31)33(45)27-20-37-13-14-42(27)21-28(44)41-15-17-46-18-16-41/h5-12,19,27,29-30,37H,3-4,13-18,20-21H2,1-2H3/t27?,29-,30+/m0/s1. The molecule has 3 atom stereocenters. The van der Waals surface area contributed by atoms with Crippen LogP contribution in [0, 0.1) is 0 Å². The van der Waals surface area contributed by atoms with Crippen molar-refractivity contribution in [2.75, 3.05) is 65.7 Å². The van der Waals surface area contributed by atoms with E-state index in [4.69, 9.17) is 42.4 Å². The zero-order chi connectivity index (χ0) is 33.6. The first-order valence-electron chi connectivity index (χ1n) is 16.2. The topological polar surface area (TPSA) is 122 Å². The molecule has 2 saturated heterocycles. The number of carbonyl (C=O) groups is 2. The van der Waals surface area contributed by atoms with Crippen molar-refractivity contribution in [3.63, 3.8) is 0 Å². The Hall–Kier alpha value is -3.81. The number of hydrogen-bond acceptors (Lipinski definition) is 10. The third kappa shape index (κ3) is 7.42. The second-order valence-electron chi connectivity index (χ2n) is 11.6. The van der Waals surface area contributed by atoms with Crippen molar-refractivity contribution in [1.29, 1.82) is 0 Å². The van der Waals surface area contributed by atoms with E-state index < -0.39 is 18.1 Å². The highest BCUT2D eigenvalue weighted by Gasteiger charge is 2.47. The van der Waals surface area contributed by atoms with Crippen LogP contribution in [-0.2, 0) is 14.3 Å². The first kappa shape index (κ1) is 34.1. The Morgan fingerprint density at radius 3 is 2.27 bits per heavy atom. The highest BCUT2D eigenvalue weighted by Crippen LogP contribution is 2.45. The van der Waals surface area contributed by atoms with Gasteiger partial charge in [0, 0.05) is 49.0 Å². The molecule has 1 unspecified atom stereocenters. The van der Waals surface area contributed by atoms with Crippen LogP contribution in [0.15, 0.2) is 59.7 Å². The van der Waals surface area contributed by atoms with Gasteiger partial charge in [-0.3, -0.25) is 24.4 Å². The quantitative estimate of drug-likeness (QED) is 0.338. The molecule has 48 heavy (non-hydrogen) atoms. The zero-order valence-corrected chi connectivity index (χ0v) is 28.5. The van der Waals surface area contributed by atoms with Crippen molar-refractivity contribution < 1.29 is 23.8 Å². The third-order valence-corrected chi connectivity index (χ3v) is 9.10. The summed E-state index contributed by atoms with van der Waals surface area (Å²) < 4.78 is 17.0. The first-order valence-corrected chi connectivity index (χ1v) is 17.0. The van der Waals surface area contributed by atoms with Crippen molar-refractivity contribution in [1.82, 2.24) is 30.0 Å². The van der Waals surface area contributed by atoms with E-state index in [9.17, 15) is 4.79 Å².